The van der Waals surface area contributed by atoms with Crippen LogP contribution in [-0.4, -0.2) is 16.9 Å². The summed E-state index contributed by atoms with van der Waals surface area (Å²) in [5.74, 6) is -0.171. The average molecular weight is 344 g/mol. The van der Waals surface area contributed by atoms with Crippen molar-refractivity contribution >= 4 is 46.1 Å². The molecular weight excluding hydrogens is 329 g/mol. The number of carbonyl (C=O) groups excluding carboxylic acids is 1. The van der Waals surface area contributed by atoms with Crippen molar-refractivity contribution < 1.29 is 4.79 Å². The van der Waals surface area contributed by atoms with Gasteiger partial charge in [-0.3, -0.25) is 4.79 Å². The van der Waals surface area contributed by atoms with E-state index in [4.69, 9.17) is 23.2 Å². The molecule has 0 unspecified atom stereocenters. The molecule has 0 fully saturated rings. The quantitative estimate of drug-likeness (QED) is 0.855. The van der Waals surface area contributed by atoms with Gasteiger partial charge < -0.3 is 10.6 Å². The van der Waals surface area contributed by atoms with Crippen LogP contribution < -0.4 is 10.6 Å². The van der Waals surface area contributed by atoms with Crippen molar-refractivity contribution in [3.63, 3.8) is 0 Å². The van der Waals surface area contributed by atoms with Crippen molar-refractivity contribution in [3.8, 4) is 0 Å². The molecule has 1 heterocycles. The minimum Gasteiger partial charge on any atom is -0.380 e. The van der Waals surface area contributed by atoms with E-state index < -0.39 is 0 Å². The summed E-state index contributed by atoms with van der Waals surface area (Å²) < 4.78 is 0.519. The largest absolute Gasteiger partial charge is 0.380 e. The van der Waals surface area contributed by atoms with Gasteiger partial charge in [-0.2, -0.15) is 0 Å². The van der Waals surface area contributed by atoms with Gasteiger partial charge in [0.2, 0.25) is 0 Å². The highest BCUT2D eigenvalue weighted by Gasteiger charge is 2.11. The number of anilines is 1. The lowest BCUT2D eigenvalue weighted by molar-refractivity contribution is 0.0943. The van der Waals surface area contributed by atoms with Crippen LogP contribution in [0, 0.1) is 0 Å². The molecule has 4 nitrogen and oxygen atoms in total. The lowest BCUT2D eigenvalue weighted by Gasteiger charge is -2.11. The zero-order valence-corrected chi connectivity index (χ0v) is 13.9. The van der Waals surface area contributed by atoms with Crippen molar-refractivity contribution in [2.75, 3.05) is 5.32 Å². The third-order valence-corrected chi connectivity index (χ3v) is 4.05. The van der Waals surface area contributed by atoms with Crippen LogP contribution in [0.1, 0.15) is 29.1 Å². The van der Waals surface area contributed by atoms with Crippen LogP contribution in [0.3, 0.4) is 0 Å². The number of aromatic nitrogens is 1. The molecule has 7 heteroatoms. The Balaban J connectivity index is 2.03. The fourth-order valence-electron chi connectivity index (χ4n) is 1.70. The Bertz CT molecular complexity index is 643. The molecular formula is C14H15Cl2N3OS. The first-order valence-corrected chi connectivity index (χ1v) is 7.97. The minimum absolute atomic E-state index is 0.0717. The summed E-state index contributed by atoms with van der Waals surface area (Å²) >= 11 is 13.4. The molecule has 0 aliphatic carbocycles. The maximum atomic E-state index is 11.9. The number of halogens is 2. The van der Waals surface area contributed by atoms with Gasteiger partial charge in [0.25, 0.3) is 5.91 Å². The zero-order chi connectivity index (χ0) is 15.4. The van der Waals surface area contributed by atoms with E-state index in [0.29, 0.717) is 21.6 Å². The van der Waals surface area contributed by atoms with E-state index in [1.807, 2.05) is 19.9 Å². The number of amides is 1. The second-order valence-electron chi connectivity index (χ2n) is 4.76. The highest BCUT2D eigenvalue weighted by molar-refractivity contribution is 7.15. The summed E-state index contributed by atoms with van der Waals surface area (Å²) in [5, 5.41) is 6.45. The number of hydrogen-bond acceptors (Lipinski definition) is 4. The SMILES string of the molecule is CC(C)NC(=O)c1ccc(NCc2cnc(Cl)s2)cc1Cl. The number of nitrogens with zero attached hydrogens (tertiary/aromatic N) is 1. The number of rotatable bonds is 5. The van der Waals surface area contributed by atoms with Gasteiger partial charge in [-0.15, -0.1) is 11.3 Å². The molecule has 2 N–H and O–H groups in total. The van der Waals surface area contributed by atoms with Crippen LogP contribution in [-0.2, 0) is 6.54 Å². The molecule has 1 aromatic heterocycles. The second-order valence-corrected chi connectivity index (χ2v) is 6.86. The second kappa shape index (κ2) is 7.11. The Morgan fingerprint density at radius 2 is 2.14 bits per heavy atom. The van der Waals surface area contributed by atoms with Gasteiger partial charge in [0, 0.05) is 22.8 Å². The third-order valence-electron chi connectivity index (χ3n) is 2.63. The lowest BCUT2D eigenvalue weighted by Crippen LogP contribution is -2.30. The summed E-state index contributed by atoms with van der Waals surface area (Å²) in [6.07, 6.45) is 1.73. The molecule has 0 saturated heterocycles. The number of benzene rings is 1. The van der Waals surface area contributed by atoms with E-state index >= 15 is 0 Å². The monoisotopic (exact) mass is 343 g/mol. The van der Waals surface area contributed by atoms with Crippen molar-refractivity contribution in [2.45, 2.75) is 26.4 Å². The summed E-state index contributed by atoms with van der Waals surface area (Å²) in [5.41, 5.74) is 1.31. The summed E-state index contributed by atoms with van der Waals surface area (Å²) in [4.78, 5) is 16.9. The van der Waals surface area contributed by atoms with Gasteiger partial charge in [-0.05, 0) is 32.0 Å². The zero-order valence-electron chi connectivity index (χ0n) is 11.6. The van der Waals surface area contributed by atoms with Crippen LogP contribution in [0.5, 0.6) is 0 Å². The van der Waals surface area contributed by atoms with E-state index in [1.54, 1.807) is 18.3 Å². The first-order chi connectivity index (χ1) is 9.95. The molecule has 2 aromatic rings. The van der Waals surface area contributed by atoms with Crippen LogP contribution in [0.15, 0.2) is 24.4 Å². The maximum Gasteiger partial charge on any atom is 0.252 e. The summed E-state index contributed by atoms with van der Waals surface area (Å²) in [7, 11) is 0. The number of nitrogens with one attached hydrogen (secondary N) is 2. The summed E-state index contributed by atoms with van der Waals surface area (Å²) in [6.45, 7) is 4.42. The number of hydrogen-bond donors (Lipinski definition) is 2. The molecule has 1 aromatic carbocycles. The van der Waals surface area contributed by atoms with Crippen molar-refractivity contribution in [3.05, 3.63) is 44.3 Å². The molecule has 21 heavy (non-hydrogen) atoms. The van der Waals surface area contributed by atoms with Crippen molar-refractivity contribution in [2.24, 2.45) is 0 Å². The Labute approximate surface area is 137 Å². The number of thiazole rings is 1. The first kappa shape index (κ1) is 16.1. The van der Waals surface area contributed by atoms with Crippen molar-refractivity contribution in [1.29, 1.82) is 0 Å². The van der Waals surface area contributed by atoms with E-state index in [1.165, 1.54) is 11.3 Å². The fourth-order valence-corrected chi connectivity index (χ4v) is 2.89. The maximum absolute atomic E-state index is 11.9. The smallest absolute Gasteiger partial charge is 0.252 e. The Morgan fingerprint density at radius 3 is 2.71 bits per heavy atom. The topological polar surface area (TPSA) is 54.0 Å². The Kier molecular flexibility index (Phi) is 5.45. The molecule has 0 spiro atoms. The van der Waals surface area contributed by atoms with Gasteiger partial charge >= 0.3 is 0 Å². The highest BCUT2D eigenvalue weighted by Crippen LogP contribution is 2.23. The average Bonchev–Trinajstić information content (AvgIpc) is 2.81. The molecule has 0 radical (unpaired) electrons. The van der Waals surface area contributed by atoms with Crippen LogP contribution in [0.4, 0.5) is 5.69 Å². The Morgan fingerprint density at radius 1 is 1.38 bits per heavy atom. The standard InChI is InChI=1S/C14H15Cl2N3OS/c1-8(2)19-13(20)11-4-3-9(5-12(11)15)17-6-10-7-18-14(16)21-10/h3-5,7-8,17H,6H2,1-2H3,(H,19,20). The van der Waals surface area contributed by atoms with E-state index in [9.17, 15) is 4.79 Å². The molecule has 0 aliphatic heterocycles. The molecule has 2 rings (SSSR count). The lowest BCUT2D eigenvalue weighted by atomic mass is 10.2. The normalized spacial score (nSPS) is 10.7. The molecule has 0 bridgehead atoms. The van der Waals surface area contributed by atoms with E-state index in [0.717, 1.165) is 10.6 Å². The van der Waals surface area contributed by atoms with Gasteiger partial charge in [-0.25, -0.2) is 4.98 Å². The Hall–Kier alpha value is -1.30. The molecule has 112 valence electrons. The highest BCUT2D eigenvalue weighted by atomic mass is 35.5. The minimum atomic E-state index is -0.171. The van der Waals surface area contributed by atoms with Gasteiger partial charge in [0.05, 0.1) is 17.1 Å². The first-order valence-electron chi connectivity index (χ1n) is 6.40. The van der Waals surface area contributed by atoms with Gasteiger partial charge in [0.15, 0.2) is 4.47 Å². The van der Waals surface area contributed by atoms with Gasteiger partial charge in [-0.1, -0.05) is 23.2 Å². The molecule has 1 amide bonds. The predicted molar refractivity (Wildman–Crippen MR) is 88.5 cm³/mol. The van der Waals surface area contributed by atoms with E-state index in [-0.39, 0.29) is 11.9 Å². The van der Waals surface area contributed by atoms with Crippen LogP contribution in [0.25, 0.3) is 0 Å². The third kappa shape index (κ3) is 4.59. The molecule has 0 aliphatic rings. The molecule has 0 saturated carbocycles. The summed E-state index contributed by atoms with van der Waals surface area (Å²) in [6, 6.07) is 5.34. The fraction of sp³-hybridized carbons (Fsp3) is 0.286. The molecule has 0 atom stereocenters. The van der Waals surface area contributed by atoms with E-state index in [2.05, 4.69) is 15.6 Å². The number of carbonyl (C=O) groups is 1. The predicted octanol–water partition coefficient (Wildman–Crippen LogP) is 4.20. The van der Waals surface area contributed by atoms with Gasteiger partial charge in [0.1, 0.15) is 0 Å². The van der Waals surface area contributed by atoms with Crippen molar-refractivity contribution in [1.82, 2.24) is 10.3 Å². The van der Waals surface area contributed by atoms with Crippen LogP contribution in [0.2, 0.25) is 9.49 Å². The van der Waals surface area contributed by atoms with Crippen LogP contribution >= 0.6 is 34.5 Å².